The Morgan fingerprint density at radius 1 is 1.20 bits per heavy atom. The van der Waals surface area contributed by atoms with Gasteiger partial charge in [-0.15, -0.1) is 0 Å². The van der Waals surface area contributed by atoms with Crippen LogP contribution in [0.5, 0.6) is 0 Å². The summed E-state index contributed by atoms with van der Waals surface area (Å²) < 4.78 is 8.23. The van der Waals surface area contributed by atoms with Crippen LogP contribution in [0, 0.1) is 6.92 Å². The number of hydrogen-bond donors (Lipinski definition) is 0. The predicted molar refractivity (Wildman–Crippen MR) is 97.4 cm³/mol. The van der Waals surface area contributed by atoms with E-state index in [0.29, 0.717) is 6.61 Å². The fourth-order valence-corrected chi connectivity index (χ4v) is 3.74. The summed E-state index contributed by atoms with van der Waals surface area (Å²) >= 11 is 6.17. The zero-order valence-electron chi connectivity index (χ0n) is 14.2. The molecule has 128 valence electrons. The third kappa shape index (κ3) is 3.32. The Bertz CT molecular complexity index is 861. The smallest absolute Gasteiger partial charge is 0.137 e. The molecule has 2 heterocycles. The first-order chi connectivity index (χ1) is 12.1. The van der Waals surface area contributed by atoms with Gasteiger partial charge >= 0.3 is 0 Å². The lowest BCUT2D eigenvalue weighted by Crippen LogP contribution is -2.30. The molecule has 25 heavy (non-hydrogen) atoms. The first kappa shape index (κ1) is 16.3. The molecule has 0 amide bonds. The van der Waals surface area contributed by atoms with E-state index in [9.17, 15) is 0 Å². The highest BCUT2D eigenvalue weighted by atomic mass is 35.5. The van der Waals surface area contributed by atoms with Crippen molar-refractivity contribution in [2.24, 2.45) is 0 Å². The van der Waals surface area contributed by atoms with E-state index < -0.39 is 0 Å². The quantitative estimate of drug-likeness (QED) is 0.686. The predicted octanol–water partition coefficient (Wildman–Crippen LogP) is 4.30. The van der Waals surface area contributed by atoms with Gasteiger partial charge in [0.1, 0.15) is 12.7 Å². The summed E-state index contributed by atoms with van der Waals surface area (Å²) in [4.78, 5) is 4.03. The maximum absolute atomic E-state index is 6.38. The van der Waals surface area contributed by atoms with Crippen LogP contribution in [-0.4, -0.2) is 14.8 Å². The van der Waals surface area contributed by atoms with Gasteiger partial charge in [0.15, 0.2) is 0 Å². The first-order valence-corrected chi connectivity index (χ1v) is 8.83. The van der Waals surface area contributed by atoms with Gasteiger partial charge in [0.05, 0.1) is 12.2 Å². The van der Waals surface area contributed by atoms with Crippen molar-refractivity contribution in [3.63, 3.8) is 0 Å². The van der Waals surface area contributed by atoms with Gasteiger partial charge in [-0.3, -0.25) is 4.68 Å². The molecule has 4 nitrogen and oxygen atoms in total. The minimum Gasteiger partial charge on any atom is -0.365 e. The number of rotatable bonds is 5. The van der Waals surface area contributed by atoms with Gasteiger partial charge in [0, 0.05) is 24.4 Å². The molecule has 0 radical (unpaired) electrons. The van der Waals surface area contributed by atoms with Crippen molar-refractivity contribution in [2.75, 3.05) is 0 Å². The second-order valence-electron chi connectivity index (χ2n) is 6.66. The molecule has 0 saturated carbocycles. The summed E-state index contributed by atoms with van der Waals surface area (Å²) in [6.45, 7) is 3.46. The number of fused-ring (bicyclic) bond motifs is 1. The number of nitrogens with zero attached hydrogens (tertiary/aromatic N) is 3. The largest absolute Gasteiger partial charge is 0.365 e. The molecule has 0 saturated heterocycles. The van der Waals surface area contributed by atoms with E-state index in [1.165, 1.54) is 22.3 Å². The van der Waals surface area contributed by atoms with Crippen molar-refractivity contribution in [1.29, 1.82) is 0 Å². The lowest BCUT2D eigenvalue weighted by Gasteiger charge is -2.30. The average molecular weight is 354 g/mol. The van der Waals surface area contributed by atoms with Crippen molar-refractivity contribution < 1.29 is 4.74 Å². The third-order valence-corrected chi connectivity index (χ3v) is 5.12. The summed E-state index contributed by atoms with van der Waals surface area (Å²) in [6.07, 6.45) is 4.97. The molecule has 1 aromatic heterocycles. The Hall–Kier alpha value is -2.17. The van der Waals surface area contributed by atoms with Crippen LogP contribution in [0.1, 0.15) is 28.7 Å². The molecule has 0 fully saturated rings. The molecule has 0 aliphatic carbocycles. The van der Waals surface area contributed by atoms with Crippen LogP contribution in [0.15, 0.2) is 55.1 Å². The normalized spacial score (nSPS) is 19.1. The van der Waals surface area contributed by atoms with Crippen LogP contribution >= 0.6 is 11.6 Å². The summed E-state index contributed by atoms with van der Waals surface area (Å²) in [7, 11) is 0. The number of aromatic nitrogens is 3. The molecule has 3 aromatic rings. The fraction of sp³-hybridized carbons (Fsp3) is 0.300. The number of hydrogen-bond acceptors (Lipinski definition) is 3. The molecule has 4 rings (SSSR count). The number of halogens is 1. The molecule has 1 atom stereocenters. The van der Waals surface area contributed by atoms with Gasteiger partial charge in [-0.25, -0.2) is 4.98 Å². The molecule has 1 unspecified atom stereocenters. The number of aryl methyl sites for hydroxylation is 2. The van der Waals surface area contributed by atoms with Crippen molar-refractivity contribution in [1.82, 2.24) is 14.8 Å². The van der Waals surface area contributed by atoms with Gasteiger partial charge in [-0.1, -0.05) is 47.5 Å². The van der Waals surface area contributed by atoms with Crippen molar-refractivity contribution in [2.45, 2.75) is 38.5 Å². The summed E-state index contributed by atoms with van der Waals surface area (Å²) in [6, 6.07) is 14.8. The highest BCUT2D eigenvalue weighted by Gasteiger charge is 2.40. The zero-order valence-corrected chi connectivity index (χ0v) is 14.9. The van der Waals surface area contributed by atoms with Crippen molar-refractivity contribution >= 4 is 11.6 Å². The Kier molecular flexibility index (Phi) is 4.32. The van der Waals surface area contributed by atoms with Crippen molar-refractivity contribution in [3.05, 3.63) is 82.4 Å². The van der Waals surface area contributed by atoms with E-state index in [0.717, 1.165) is 24.4 Å². The maximum Gasteiger partial charge on any atom is 0.137 e. The summed E-state index contributed by atoms with van der Waals surface area (Å²) in [5, 5.41) is 4.98. The number of benzene rings is 2. The van der Waals surface area contributed by atoms with Crippen LogP contribution in [-0.2, 0) is 29.9 Å². The van der Waals surface area contributed by atoms with Crippen LogP contribution in [0.2, 0.25) is 5.02 Å². The highest BCUT2D eigenvalue weighted by Crippen LogP contribution is 2.43. The first-order valence-electron chi connectivity index (χ1n) is 8.45. The lowest BCUT2D eigenvalue weighted by atomic mass is 9.83. The second kappa shape index (κ2) is 6.62. The minimum absolute atomic E-state index is 0.360. The minimum atomic E-state index is -0.360. The van der Waals surface area contributed by atoms with Crippen LogP contribution in [0.4, 0.5) is 0 Å². The van der Waals surface area contributed by atoms with Gasteiger partial charge in [-0.05, 0) is 35.7 Å². The fourth-order valence-electron chi connectivity index (χ4n) is 3.54. The van der Waals surface area contributed by atoms with E-state index in [1.54, 1.807) is 12.7 Å². The Balaban J connectivity index is 1.67. The molecule has 5 heteroatoms. The van der Waals surface area contributed by atoms with E-state index in [2.05, 4.69) is 47.3 Å². The average Bonchev–Trinajstić information content (AvgIpc) is 3.24. The SMILES string of the molecule is Cc1ccc(CC2(CCn3cncn3)OCc3cc(Cl)ccc32)cc1. The molecule has 2 aromatic carbocycles. The monoisotopic (exact) mass is 353 g/mol. The third-order valence-electron chi connectivity index (χ3n) is 4.88. The van der Waals surface area contributed by atoms with Crippen LogP contribution in [0.3, 0.4) is 0 Å². The lowest BCUT2D eigenvalue weighted by molar-refractivity contribution is -0.0476. The van der Waals surface area contributed by atoms with E-state index in [1.807, 2.05) is 16.8 Å². The molecular formula is C20H20ClN3O. The van der Waals surface area contributed by atoms with Gasteiger partial charge in [0.25, 0.3) is 0 Å². The Morgan fingerprint density at radius 3 is 2.80 bits per heavy atom. The van der Waals surface area contributed by atoms with Crippen LogP contribution < -0.4 is 0 Å². The molecule has 0 N–H and O–H groups in total. The second-order valence-corrected chi connectivity index (χ2v) is 7.09. The van der Waals surface area contributed by atoms with E-state index in [-0.39, 0.29) is 5.60 Å². The maximum atomic E-state index is 6.38. The van der Waals surface area contributed by atoms with Gasteiger partial charge in [0.2, 0.25) is 0 Å². The standard InChI is InChI=1S/C20H20ClN3O/c1-15-2-4-16(5-3-15)11-20(8-9-24-14-22-13-23-24)19-7-6-18(21)10-17(19)12-25-20/h2-7,10,13-14H,8-9,11-12H2,1H3. The topological polar surface area (TPSA) is 39.9 Å². The van der Waals surface area contributed by atoms with E-state index >= 15 is 0 Å². The molecule has 1 aliphatic rings. The van der Waals surface area contributed by atoms with Crippen molar-refractivity contribution in [3.8, 4) is 0 Å². The summed E-state index contributed by atoms with van der Waals surface area (Å²) in [5.74, 6) is 0. The molecule has 0 bridgehead atoms. The Morgan fingerprint density at radius 2 is 2.04 bits per heavy atom. The molecule has 1 aliphatic heterocycles. The molecule has 0 spiro atoms. The summed E-state index contributed by atoms with van der Waals surface area (Å²) in [5.41, 5.74) is 4.59. The highest BCUT2D eigenvalue weighted by molar-refractivity contribution is 6.30. The van der Waals surface area contributed by atoms with Gasteiger partial charge in [-0.2, -0.15) is 5.10 Å². The molecular weight excluding hydrogens is 334 g/mol. The number of ether oxygens (including phenoxy) is 1. The van der Waals surface area contributed by atoms with E-state index in [4.69, 9.17) is 16.3 Å². The zero-order chi connectivity index (χ0) is 17.3. The Labute approximate surface area is 152 Å². The van der Waals surface area contributed by atoms with Gasteiger partial charge < -0.3 is 4.74 Å². The van der Waals surface area contributed by atoms with Crippen LogP contribution in [0.25, 0.3) is 0 Å².